The average Bonchev–Trinajstić information content (AvgIpc) is 2.85. The van der Waals surface area contributed by atoms with Crippen LogP contribution in [0.15, 0.2) is 29.3 Å². The molecule has 2 rings (SSSR count). The first kappa shape index (κ1) is 23.2. The van der Waals surface area contributed by atoms with Gasteiger partial charge in [0.25, 0.3) is 0 Å². The van der Waals surface area contributed by atoms with Gasteiger partial charge in [-0.05, 0) is 44.9 Å². The quantitative estimate of drug-likeness (QED) is 0.357. The third-order valence-corrected chi connectivity index (χ3v) is 4.27. The van der Waals surface area contributed by atoms with Crippen molar-refractivity contribution in [2.75, 3.05) is 20.1 Å². The smallest absolute Gasteiger partial charge is 0.191 e. The van der Waals surface area contributed by atoms with Gasteiger partial charge in [-0.3, -0.25) is 9.67 Å². The molecular weight excluding hydrogens is 460 g/mol. The minimum absolute atomic E-state index is 0. The van der Waals surface area contributed by atoms with Gasteiger partial charge in [0, 0.05) is 26.3 Å². The van der Waals surface area contributed by atoms with E-state index in [4.69, 9.17) is 4.74 Å². The summed E-state index contributed by atoms with van der Waals surface area (Å²) in [6.45, 7) is 7.24. The van der Waals surface area contributed by atoms with Gasteiger partial charge in [-0.15, -0.1) is 24.0 Å². The minimum atomic E-state index is -0.357. The Morgan fingerprint density at radius 3 is 2.59 bits per heavy atom. The Morgan fingerprint density at radius 1 is 1.30 bits per heavy atom. The van der Waals surface area contributed by atoms with Crippen molar-refractivity contribution in [2.24, 2.45) is 12.0 Å². The van der Waals surface area contributed by atoms with Gasteiger partial charge in [0.05, 0.1) is 12.2 Å². The monoisotopic (exact) mass is 489 g/mol. The zero-order valence-corrected chi connectivity index (χ0v) is 18.9. The molecule has 1 atom stereocenters. The molecule has 1 unspecified atom stereocenters. The van der Waals surface area contributed by atoms with Crippen molar-refractivity contribution in [1.82, 2.24) is 20.4 Å². The van der Waals surface area contributed by atoms with Crippen molar-refractivity contribution in [3.05, 3.63) is 47.0 Å². The molecule has 2 aromatic rings. The summed E-state index contributed by atoms with van der Waals surface area (Å²) in [6, 6.07) is 6.40. The van der Waals surface area contributed by atoms with Gasteiger partial charge < -0.3 is 15.4 Å². The Kier molecular flexibility index (Phi) is 9.54. The lowest BCUT2D eigenvalue weighted by Crippen LogP contribution is -2.42. The van der Waals surface area contributed by atoms with Crippen molar-refractivity contribution < 1.29 is 9.13 Å². The Hall–Kier alpha value is -1.84. The Morgan fingerprint density at radius 2 is 2.00 bits per heavy atom. The highest BCUT2D eigenvalue weighted by atomic mass is 127. The zero-order valence-electron chi connectivity index (χ0n) is 16.5. The number of guanidine groups is 1. The number of rotatable bonds is 7. The van der Waals surface area contributed by atoms with Crippen LogP contribution in [0.3, 0.4) is 0 Å². The van der Waals surface area contributed by atoms with Gasteiger partial charge in [-0.25, -0.2) is 4.39 Å². The first-order chi connectivity index (χ1) is 12.4. The van der Waals surface area contributed by atoms with Crippen LogP contribution in [0.5, 0.6) is 5.75 Å². The van der Waals surface area contributed by atoms with Crippen molar-refractivity contribution >= 4 is 29.9 Å². The zero-order chi connectivity index (χ0) is 19.1. The summed E-state index contributed by atoms with van der Waals surface area (Å²) < 4.78 is 21.1. The van der Waals surface area contributed by atoms with E-state index in [0.29, 0.717) is 12.5 Å². The molecule has 0 aliphatic rings. The molecule has 0 bridgehead atoms. The van der Waals surface area contributed by atoms with Crippen molar-refractivity contribution in [1.29, 1.82) is 0 Å². The van der Waals surface area contributed by atoms with Crippen LogP contribution < -0.4 is 15.4 Å². The lowest BCUT2D eigenvalue weighted by atomic mass is 10.1. The third-order valence-electron chi connectivity index (χ3n) is 4.27. The average molecular weight is 489 g/mol. The number of ether oxygens (including phenoxy) is 1. The molecule has 6 nitrogen and oxygen atoms in total. The van der Waals surface area contributed by atoms with Crippen LogP contribution >= 0.6 is 24.0 Å². The van der Waals surface area contributed by atoms with E-state index in [1.54, 1.807) is 25.2 Å². The standard InChI is InChI=1S/C19H28FN5O.HI/c1-13(26-18-9-7-6-8-17(18)20)12-23-19(21-4)22-11-10-16-14(2)24-25(5)15(16)3;/h6-9,13H,10-12H2,1-5H3,(H2,21,22,23);1H. The third kappa shape index (κ3) is 6.67. The fourth-order valence-corrected chi connectivity index (χ4v) is 2.74. The van der Waals surface area contributed by atoms with E-state index in [2.05, 4.69) is 27.6 Å². The number of para-hydroxylation sites is 1. The first-order valence-electron chi connectivity index (χ1n) is 8.77. The number of benzene rings is 1. The molecule has 1 heterocycles. The van der Waals surface area contributed by atoms with E-state index in [1.165, 1.54) is 17.3 Å². The second-order valence-corrected chi connectivity index (χ2v) is 6.26. The predicted molar refractivity (Wildman–Crippen MR) is 118 cm³/mol. The minimum Gasteiger partial charge on any atom is -0.486 e. The largest absolute Gasteiger partial charge is 0.486 e. The molecular formula is C19H29FIN5O. The van der Waals surface area contributed by atoms with Crippen LogP contribution in [-0.2, 0) is 13.5 Å². The number of nitrogens with zero attached hydrogens (tertiary/aromatic N) is 3. The van der Waals surface area contributed by atoms with Gasteiger partial charge in [0.1, 0.15) is 6.10 Å². The second-order valence-electron chi connectivity index (χ2n) is 6.26. The maximum absolute atomic E-state index is 13.6. The molecule has 150 valence electrons. The highest BCUT2D eigenvalue weighted by molar-refractivity contribution is 14.0. The van der Waals surface area contributed by atoms with Crippen molar-refractivity contribution in [2.45, 2.75) is 33.3 Å². The van der Waals surface area contributed by atoms with E-state index >= 15 is 0 Å². The molecule has 0 saturated heterocycles. The van der Waals surface area contributed by atoms with E-state index in [1.807, 2.05) is 25.6 Å². The summed E-state index contributed by atoms with van der Waals surface area (Å²) in [4.78, 5) is 4.21. The van der Waals surface area contributed by atoms with Crippen LogP contribution in [0, 0.1) is 19.7 Å². The lowest BCUT2D eigenvalue weighted by molar-refractivity contribution is 0.214. The van der Waals surface area contributed by atoms with Gasteiger partial charge in [0.15, 0.2) is 17.5 Å². The van der Waals surface area contributed by atoms with Gasteiger partial charge in [-0.2, -0.15) is 5.10 Å². The highest BCUT2D eigenvalue weighted by Gasteiger charge is 2.11. The highest BCUT2D eigenvalue weighted by Crippen LogP contribution is 2.16. The fraction of sp³-hybridized carbons (Fsp3) is 0.474. The molecule has 1 aromatic heterocycles. The molecule has 27 heavy (non-hydrogen) atoms. The molecule has 8 heteroatoms. The summed E-state index contributed by atoms with van der Waals surface area (Å²) >= 11 is 0. The number of hydrogen-bond acceptors (Lipinski definition) is 3. The molecule has 0 fully saturated rings. The van der Waals surface area contributed by atoms with Gasteiger partial charge in [0.2, 0.25) is 0 Å². The fourth-order valence-electron chi connectivity index (χ4n) is 2.74. The number of hydrogen-bond donors (Lipinski definition) is 2. The topological polar surface area (TPSA) is 63.5 Å². The summed E-state index contributed by atoms with van der Waals surface area (Å²) in [7, 11) is 3.68. The van der Waals surface area contributed by atoms with E-state index in [-0.39, 0.29) is 41.6 Å². The van der Waals surface area contributed by atoms with Crippen molar-refractivity contribution in [3.8, 4) is 5.75 Å². The summed E-state index contributed by atoms with van der Waals surface area (Å²) in [5.41, 5.74) is 3.49. The molecule has 0 saturated carbocycles. The number of aromatic nitrogens is 2. The van der Waals surface area contributed by atoms with Crippen LogP contribution in [0.4, 0.5) is 4.39 Å². The molecule has 2 N–H and O–H groups in total. The molecule has 0 radical (unpaired) electrons. The maximum atomic E-state index is 13.6. The SMILES string of the molecule is CN=C(NCCc1c(C)nn(C)c1C)NCC(C)Oc1ccccc1F.I. The lowest BCUT2D eigenvalue weighted by Gasteiger charge is -2.18. The van der Waals surface area contributed by atoms with Crippen LogP contribution in [0.2, 0.25) is 0 Å². The Labute approximate surface area is 177 Å². The molecule has 0 amide bonds. The van der Waals surface area contributed by atoms with Crippen LogP contribution in [0.1, 0.15) is 23.9 Å². The van der Waals surface area contributed by atoms with E-state index < -0.39 is 0 Å². The second kappa shape index (κ2) is 11.1. The van der Waals surface area contributed by atoms with Crippen molar-refractivity contribution in [3.63, 3.8) is 0 Å². The Balaban J connectivity index is 0.00000364. The summed E-state index contributed by atoms with van der Waals surface area (Å²) in [5.74, 6) is 0.588. The molecule has 1 aromatic carbocycles. The van der Waals surface area contributed by atoms with E-state index in [0.717, 1.165) is 18.7 Å². The number of aliphatic imine (C=N–C) groups is 1. The van der Waals surface area contributed by atoms with Crippen LogP contribution in [0.25, 0.3) is 0 Å². The maximum Gasteiger partial charge on any atom is 0.191 e. The summed E-state index contributed by atoms with van der Waals surface area (Å²) in [6.07, 6.45) is 0.668. The number of halogens is 2. The van der Waals surface area contributed by atoms with E-state index in [9.17, 15) is 4.39 Å². The number of aryl methyl sites for hydroxylation is 2. The number of nitrogens with one attached hydrogen (secondary N) is 2. The first-order valence-corrected chi connectivity index (χ1v) is 8.77. The molecule has 0 spiro atoms. The predicted octanol–water partition coefficient (Wildman–Crippen LogP) is 2.97. The normalized spacial score (nSPS) is 12.3. The summed E-state index contributed by atoms with van der Waals surface area (Å²) in [5, 5.41) is 10.9. The van der Waals surface area contributed by atoms with Gasteiger partial charge >= 0.3 is 0 Å². The van der Waals surface area contributed by atoms with Gasteiger partial charge in [-0.1, -0.05) is 12.1 Å². The molecule has 0 aliphatic heterocycles. The van der Waals surface area contributed by atoms with Crippen LogP contribution in [-0.4, -0.2) is 42.0 Å². The molecule has 0 aliphatic carbocycles. The Bertz CT molecular complexity index is 763.